The second kappa shape index (κ2) is 10.3. The molecule has 1 aliphatic heterocycles. The van der Waals surface area contributed by atoms with Crippen LogP contribution in [0.2, 0.25) is 0 Å². The Morgan fingerprint density at radius 3 is 2.69 bits per heavy atom. The Kier molecular flexibility index (Phi) is 7.15. The molecule has 10 nitrogen and oxygen atoms in total. The first-order chi connectivity index (χ1) is 16.8. The Balaban J connectivity index is 1.43. The van der Waals surface area contributed by atoms with Gasteiger partial charge in [0.1, 0.15) is 0 Å². The molecule has 1 saturated heterocycles. The van der Waals surface area contributed by atoms with E-state index in [0.29, 0.717) is 28.8 Å². The summed E-state index contributed by atoms with van der Waals surface area (Å²) in [4.78, 5) is 38.1. The zero-order valence-corrected chi connectivity index (χ0v) is 20.5. The summed E-state index contributed by atoms with van der Waals surface area (Å²) >= 11 is 1.22. The summed E-state index contributed by atoms with van der Waals surface area (Å²) in [6, 6.07) is 11.7. The van der Waals surface area contributed by atoms with Crippen molar-refractivity contribution in [1.29, 1.82) is 0 Å². The highest BCUT2D eigenvalue weighted by Gasteiger charge is 2.34. The number of likely N-dealkylation sites (tertiary alicyclic amines) is 1. The molecule has 2 heterocycles. The number of nitrogens with one attached hydrogen (secondary N) is 1. The largest absolute Gasteiger partial charge is 0.328 e. The predicted octanol–water partition coefficient (Wildman–Crippen LogP) is 4.05. The van der Waals surface area contributed by atoms with Gasteiger partial charge in [0.05, 0.1) is 22.4 Å². The Morgan fingerprint density at radius 1 is 1.17 bits per heavy atom. The van der Waals surface area contributed by atoms with E-state index in [0.717, 1.165) is 24.0 Å². The molecule has 1 aliphatic rings. The number of thioether (sulfide) groups is 1. The van der Waals surface area contributed by atoms with Crippen molar-refractivity contribution in [2.24, 2.45) is 7.05 Å². The highest BCUT2D eigenvalue weighted by molar-refractivity contribution is 7.99. The standard InChI is InChI=1S/C24H26N6O4S/c1-15-7-4-5-8-18(15)23(32)29-12-6-9-20(29)22-26-27-24(28(22)3)35-14-21(31)25-19-13-17(30(33)34)11-10-16(19)2/h4-5,7-8,10-11,13,20H,6,9,12,14H2,1-3H3,(H,25,31). The summed E-state index contributed by atoms with van der Waals surface area (Å²) in [6.45, 7) is 4.35. The number of aryl methyl sites for hydroxylation is 2. The third kappa shape index (κ3) is 5.19. The van der Waals surface area contributed by atoms with Crippen LogP contribution in [-0.2, 0) is 11.8 Å². The van der Waals surface area contributed by atoms with Gasteiger partial charge < -0.3 is 14.8 Å². The molecule has 0 spiro atoms. The number of carbonyl (C=O) groups excluding carboxylic acids is 2. The summed E-state index contributed by atoms with van der Waals surface area (Å²) < 4.78 is 1.82. The van der Waals surface area contributed by atoms with Crippen LogP contribution in [0.25, 0.3) is 0 Å². The molecule has 0 aliphatic carbocycles. The molecule has 182 valence electrons. The van der Waals surface area contributed by atoms with Gasteiger partial charge in [0, 0.05) is 31.3 Å². The van der Waals surface area contributed by atoms with Crippen LogP contribution < -0.4 is 5.32 Å². The molecule has 4 rings (SSSR count). The Labute approximate surface area is 206 Å². The lowest BCUT2D eigenvalue weighted by molar-refractivity contribution is -0.384. The number of benzene rings is 2. The number of hydrogen-bond acceptors (Lipinski definition) is 7. The molecule has 3 aromatic rings. The van der Waals surface area contributed by atoms with Crippen LogP contribution in [0.5, 0.6) is 0 Å². The van der Waals surface area contributed by atoms with Gasteiger partial charge >= 0.3 is 0 Å². The average molecular weight is 495 g/mol. The third-order valence-electron chi connectivity index (χ3n) is 6.09. The number of carbonyl (C=O) groups is 2. The lowest BCUT2D eigenvalue weighted by atomic mass is 10.1. The molecule has 1 fully saturated rings. The van der Waals surface area contributed by atoms with E-state index in [4.69, 9.17) is 0 Å². The molecule has 2 aromatic carbocycles. The first kappa shape index (κ1) is 24.4. The van der Waals surface area contributed by atoms with Crippen molar-refractivity contribution in [3.05, 3.63) is 75.1 Å². The smallest absolute Gasteiger partial charge is 0.271 e. The van der Waals surface area contributed by atoms with Crippen LogP contribution in [0.1, 0.15) is 46.2 Å². The van der Waals surface area contributed by atoms with Crippen LogP contribution in [0.3, 0.4) is 0 Å². The fourth-order valence-corrected chi connectivity index (χ4v) is 4.88. The highest BCUT2D eigenvalue weighted by Crippen LogP contribution is 2.34. The van der Waals surface area contributed by atoms with E-state index in [1.165, 1.54) is 23.9 Å². The second-order valence-electron chi connectivity index (χ2n) is 8.46. The Morgan fingerprint density at radius 2 is 1.94 bits per heavy atom. The minimum absolute atomic E-state index is 0.0190. The monoisotopic (exact) mass is 494 g/mol. The zero-order chi connectivity index (χ0) is 25.1. The second-order valence-corrected chi connectivity index (χ2v) is 9.41. The predicted molar refractivity (Wildman–Crippen MR) is 132 cm³/mol. The maximum atomic E-state index is 13.2. The van der Waals surface area contributed by atoms with Crippen LogP contribution in [0.15, 0.2) is 47.6 Å². The van der Waals surface area contributed by atoms with Gasteiger partial charge in [-0.05, 0) is 43.9 Å². The van der Waals surface area contributed by atoms with Gasteiger partial charge in [-0.15, -0.1) is 10.2 Å². The number of nitro benzene ring substituents is 1. The van der Waals surface area contributed by atoms with Crippen molar-refractivity contribution in [3.63, 3.8) is 0 Å². The number of aromatic nitrogens is 3. The molecule has 1 unspecified atom stereocenters. The Hall–Kier alpha value is -3.73. The lowest BCUT2D eigenvalue weighted by Crippen LogP contribution is -2.32. The highest BCUT2D eigenvalue weighted by atomic mass is 32.2. The van der Waals surface area contributed by atoms with E-state index in [1.807, 2.05) is 47.7 Å². The first-order valence-electron chi connectivity index (χ1n) is 11.2. The molecule has 11 heteroatoms. The number of hydrogen-bond donors (Lipinski definition) is 1. The lowest BCUT2D eigenvalue weighted by Gasteiger charge is -2.24. The third-order valence-corrected chi connectivity index (χ3v) is 7.11. The molecule has 0 saturated carbocycles. The van der Waals surface area contributed by atoms with E-state index >= 15 is 0 Å². The Bertz CT molecular complexity index is 1290. The van der Waals surface area contributed by atoms with Gasteiger partial charge in [-0.25, -0.2) is 0 Å². The van der Waals surface area contributed by atoms with E-state index in [-0.39, 0.29) is 29.3 Å². The maximum Gasteiger partial charge on any atom is 0.271 e. The SMILES string of the molecule is Cc1ccc([N+](=O)[O-])cc1NC(=O)CSc1nnc(C2CCCN2C(=O)c2ccccc2C)n1C. The van der Waals surface area contributed by atoms with Gasteiger partial charge in [0.15, 0.2) is 11.0 Å². The van der Waals surface area contributed by atoms with Gasteiger partial charge in [-0.2, -0.15) is 0 Å². The molecule has 35 heavy (non-hydrogen) atoms. The average Bonchev–Trinajstić information content (AvgIpc) is 3.45. The number of anilines is 1. The zero-order valence-electron chi connectivity index (χ0n) is 19.7. The van der Waals surface area contributed by atoms with Crippen LogP contribution >= 0.6 is 11.8 Å². The summed E-state index contributed by atoms with van der Waals surface area (Å²) in [5.41, 5.74) is 2.67. The van der Waals surface area contributed by atoms with E-state index < -0.39 is 4.92 Å². The molecule has 1 N–H and O–H groups in total. The van der Waals surface area contributed by atoms with E-state index in [2.05, 4.69) is 15.5 Å². The minimum Gasteiger partial charge on any atom is -0.328 e. The number of non-ortho nitro benzene ring substituents is 1. The molecule has 2 amide bonds. The van der Waals surface area contributed by atoms with Crippen molar-refractivity contribution >= 4 is 35.0 Å². The van der Waals surface area contributed by atoms with Crippen LogP contribution in [0, 0.1) is 24.0 Å². The summed E-state index contributed by atoms with van der Waals surface area (Å²) in [7, 11) is 1.83. The van der Waals surface area contributed by atoms with Gasteiger partial charge in [0.25, 0.3) is 11.6 Å². The van der Waals surface area contributed by atoms with Crippen molar-refractivity contribution in [1.82, 2.24) is 19.7 Å². The number of amides is 2. The van der Waals surface area contributed by atoms with Crippen molar-refractivity contribution in [2.45, 2.75) is 37.9 Å². The molecule has 1 atom stereocenters. The van der Waals surface area contributed by atoms with Crippen LogP contribution in [-0.4, -0.2) is 48.7 Å². The molecular formula is C24H26N6O4S. The summed E-state index contributed by atoms with van der Waals surface area (Å²) in [5, 5.41) is 22.9. The van der Waals surface area contributed by atoms with Gasteiger partial charge in [-0.3, -0.25) is 19.7 Å². The maximum absolute atomic E-state index is 13.2. The summed E-state index contributed by atoms with van der Waals surface area (Å²) in [6.07, 6.45) is 1.67. The van der Waals surface area contributed by atoms with Gasteiger partial charge in [0.2, 0.25) is 5.91 Å². The number of nitro groups is 1. The van der Waals surface area contributed by atoms with Crippen molar-refractivity contribution in [2.75, 3.05) is 17.6 Å². The molecular weight excluding hydrogens is 468 g/mol. The van der Waals surface area contributed by atoms with Crippen molar-refractivity contribution in [3.8, 4) is 0 Å². The van der Waals surface area contributed by atoms with Crippen molar-refractivity contribution < 1.29 is 14.5 Å². The quantitative estimate of drug-likeness (QED) is 0.299. The fourth-order valence-electron chi connectivity index (χ4n) is 4.16. The molecule has 0 bridgehead atoms. The minimum atomic E-state index is -0.499. The number of nitrogens with zero attached hydrogens (tertiary/aromatic N) is 5. The molecule has 1 aromatic heterocycles. The van der Waals surface area contributed by atoms with Gasteiger partial charge in [-0.1, -0.05) is 36.0 Å². The first-order valence-corrected chi connectivity index (χ1v) is 12.2. The van der Waals surface area contributed by atoms with E-state index in [9.17, 15) is 19.7 Å². The van der Waals surface area contributed by atoms with Crippen LogP contribution in [0.4, 0.5) is 11.4 Å². The number of rotatable bonds is 7. The van der Waals surface area contributed by atoms with E-state index in [1.54, 1.807) is 13.0 Å². The fraction of sp³-hybridized carbons (Fsp3) is 0.333. The normalized spacial score (nSPS) is 15.3. The topological polar surface area (TPSA) is 123 Å². The summed E-state index contributed by atoms with van der Waals surface area (Å²) in [5.74, 6) is 0.418. The molecule has 0 radical (unpaired) electrons.